The highest BCUT2D eigenvalue weighted by molar-refractivity contribution is 9.10. The number of alkyl halides is 1. The molecule has 1 atom stereocenters. The maximum absolute atomic E-state index is 11.5. The van der Waals surface area contributed by atoms with Gasteiger partial charge in [0.15, 0.2) is 0 Å². The molecule has 0 saturated carbocycles. The van der Waals surface area contributed by atoms with Gasteiger partial charge in [0.25, 0.3) is 0 Å². The minimum absolute atomic E-state index is 0.105. The molecule has 0 amide bonds. The van der Waals surface area contributed by atoms with Crippen molar-refractivity contribution in [2.75, 3.05) is 7.11 Å². The number of ether oxygens (including phenoxy) is 2. The lowest BCUT2D eigenvalue weighted by Gasteiger charge is -2.13. The first-order valence-electron chi connectivity index (χ1n) is 5.32. The molecule has 5 heteroatoms. The van der Waals surface area contributed by atoms with E-state index in [0.717, 1.165) is 5.76 Å². The first-order valence-corrected chi connectivity index (χ1v) is 6.11. The topological polar surface area (TPSA) is 48.7 Å². The lowest BCUT2D eigenvalue weighted by molar-refractivity contribution is -0.147. The zero-order valence-corrected chi connectivity index (χ0v) is 12.0. The predicted octanol–water partition coefficient (Wildman–Crippen LogP) is 3.20. The summed E-state index contributed by atoms with van der Waals surface area (Å²) in [6, 6.07) is 3.59. The molecule has 1 heterocycles. The van der Waals surface area contributed by atoms with Crippen LogP contribution in [0.2, 0.25) is 0 Å². The van der Waals surface area contributed by atoms with Gasteiger partial charge in [-0.05, 0) is 32.9 Å². The molecule has 0 N–H and O–H groups in total. The minimum atomic E-state index is -0.678. The summed E-state index contributed by atoms with van der Waals surface area (Å²) in [4.78, 5) is 11.5. The van der Waals surface area contributed by atoms with E-state index in [9.17, 15) is 4.79 Å². The number of esters is 1. The smallest absolute Gasteiger partial charge is 0.322 e. The van der Waals surface area contributed by atoms with E-state index in [4.69, 9.17) is 13.9 Å². The molecule has 0 fully saturated rings. The lowest BCUT2D eigenvalue weighted by atomic mass is 10.2. The third kappa shape index (κ3) is 4.16. The molecular weight excluding hydrogens is 288 g/mol. The monoisotopic (exact) mass is 304 g/mol. The Kier molecular flexibility index (Phi) is 4.77. The second-order valence-electron chi connectivity index (χ2n) is 4.23. The van der Waals surface area contributed by atoms with Gasteiger partial charge < -0.3 is 13.9 Å². The van der Waals surface area contributed by atoms with Gasteiger partial charge in [0, 0.05) is 7.11 Å². The van der Waals surface area contributed by atoms with Crippen LogP contribution in [-0.2, 0) is 20.9 Å². The lowest BCUT2D eigenvalue weighted by Crippen LogP contribution is -2.26. The van der Waals surface area contributed by atoms with Crippen LogP contribution < -0.4 is 0 Å². The summed E-state index contributed by atoms with van der Waals surface area (Å²) in [5, 5.41) is 0. The van der Waals surface area contributed by atoms with E-state index in [1.807, 2.05) is 13.0 Å². The van der Waals surface area contributed by atoms with Crippen molar-refractivity contribution in [3.8, 4) is 0 Å². The number of halogens is 1. The predicted molar refractivity (Wildman–Crippen MR) is 66.9 cm³/mol. The normalized spacial score (nSPS) is 13.5. The van der Waals surface area contributed by atoms with E-state index in [0.29, 0.717) is 5.76 Å². The van der Waals surface area contributed by atoms with Gasteiger partial charge in [-0.1, -0.05) is 15.9 Å². The van der Waals surface area contributed by atoms with Gasteiger partial charge in [0.2, 0.25) is 0 Å². The van der Waals surface area contributed by atoms with E-state index >= 15 is 0 Å². The average molecular weight is 305 g/mol. The Morgan fingerprint density at radius 1 is 1.53 bits per heavy atom. The third-order valence-electron chi connectivity index (χ3n) is 2.27. The van der Waals surface area contributed by atoms with Crippen LogP contribution in [0, 0.1) is 0 Å². The third-order valence-corrected chi connectivity index (χ3v) is 2.59. The Morgan fingerprint density at radius 2 is 2.18 bits per heavy atom. The molecule has 1 aromatic rings. The molecule has 96 valence electrons. The Morgan fingerprint density at radius 3 is 2.71 bits per heavy atom. The van der Waals surface area contributed by atoms with Gasteiger partial charge in [-0.2, -0.15) is 0 Å². The molecule has 0 bridgehead atoms. The summed E-state index contributed by atoms with van der Waals surface area (Å²) < 4.78 is 15.0. The maximum Gasteiger partial charge on any atom is 0.322 e. The maximum atomic E-state index is 11.5. The van der Waals surface area contributed by atoms with E-state index in [-0.39, 0.29) is 18.7 Å². The summed E-state index contributed by atoms with van der Waals surface area (Å²) in [6.45, 7) is 5.48. The number of rotatable bonds is 5. The van der Waals surface area contributed by atoms with Crippen molar-refractivity contribution in [3.05, 3.63) is 23.7 Å². The van der Waals surface area contributed by atoms with Crippen molar-refractivity contribution in [2.45, 2.75) is 37.8 Å². The molecule has 17 heavy (non-hydrogen) atoms. The molecule has 1 rings (SSSR count). The molecule has 0 aromatic carbocycles. The molecule has 0 radical (unpaired) electrons. The van der Waals surface area contributed by atoms with Crippen molar-refractivity contribution in [3.63, 3.8) is 0 Å². The number of hydrogen-bond acceptors (Lipinski definition) is 4. The SMILES string of the molecule is COC(C)c1ccc(COC(=O)C(C)(C)Br)o1. The fourth-order valence-electron chi connectivity index (χ4n) is 1.12. The second-order valence-corrected chi connectivity index (χ2v) is 6.21. The molecule has 0 aliphatic rings. The van der Waals surface area contributed by atoms with Crippen LogP contribution >= 0.6 is 15.9 Å². The van der Waals surface area contributed by atoms with Crippen molar-refractivity contribution >= 4 is 21.9 Å². The van der Waals surface area contributed by atoms with Crippen LogP contribution in [0.4, 0.5) is 0 Å². The molecular formula is C12H17BrO4. The fraction of sp³-hybridized carbons (Fsp3) is 0.583. The number of hydrogen-bond donors (Lipinski definition) is 0. The van der Waals surface area contributed by atoms with Crippen LogP contribution in [0.3, 0.4) is 0 Å². The van der Waals surface area contributed by atoms with E-state index < -0.39 is 4.32 Å². The van der Waals surface area contributed by atoms with Crippen molar-refractivity contribution in [1.82, 2.24) is 0 Å². The molecule has 0 aliphatic heterocycles. The van der Waals surface area contributed by atoms with E-state index in [2.05, 4.69) is 15.9 Å². The van der Waals surface area contributed by atoms with Gasteiger partial charge in [0.1, 0.15) is 28.6 Å². The van der Waals surface area contributed by atoms with Crippen LogP contribution in [0.1, 0.15) is 38.4 Å². The zero-order chi connectivity index (χ0) is 13.1. The largest absolute Gasteiger partial charge is 0.460 e. The highest BCUT2D eigenvalue weighted by atomic mass is 79.9. The Bertz CT molecular complexity index is 378. The highest BCUT2D eigenvalue weighted by Crippen LogP contribution is 2.21. The van der Waals surface area contributed by atoms with Crippen molar-refractivity contribution in [1.29, 1.82) is 0 Å². The van der Waals surface area contributed by atoms with Gasteiger partial charge in [-0.3, -0.25) is 4.79 Å². The number of carbonyl (C=O) groups is 1. The molecule has 0 saturated heterocycles. The van der Waals surface area contributed by atoms with Gasteiger partial charge in [0.05, 0.1) is 0 Å². The summed E-state index contributed by atoms with van der Waals surface area (Å²) in [5.74, 6) is 1.00. The van der Waals surface area contributed by atoms with Crippen LogP contribution in [0.15, 0.2) is 16.5 Å². The van der Waals surface area contributed by atoms with Crippen LogP contribution in [0.5, 0.6) is 0 Å². The quantitative estimate of drug-likeness (QED) is 0.619. The number of methoxy groups -OCH3 is 1. The number of carbonyl (C=O) groups excluding carboxylic acids is 1. The van der Waals surface area contributed by atoms with Crippen LogP contribution in [-0.4, -0.2) is 17.4 Å². The van der Waals surface area contributed by atoms with E-state index in [1.165, 1.54) is 0 Å². The van der Waals surface area contributed by atoms with Crippen molar-refractivity contribution < 1.29 is 18.7 Å². The average Bonchev–Trinajstić information content (AvgIpc) is 2.72. The van der Waals surface area contributed by atoms with E-state index in [1.54, 1.807) is 27.0 Å². The summed E-state index contributed by atoms with van der Waals surface area (Å²) in [5.41, 5.74) is 0. The fourth-order valence-corrected chi connectivity index (χ4v) is 1.23. The molecule has 0 aliphatic carbocycles. The van der Waals surface area contributed by atoms with Crippen molar-refractivity contribution in [2.24, 2.45) is 0 Å². The Balaban J connectivity index is 2.53. The first-order chi connectivity index (χ1) is 7.84. The van der Waals surface area contributed by atoms with Gasteiger partial charge >= 0.3 is 5.97 Å². The standard InChI is InChI=1S/C12H17BrO4/c1-8(15-4)10-6-5-9(17-10)7-16-11(14)12(2,3)13/h5-6,8H,7H2,1-4H3. The Labute approximate surface area is 109 Å². The first kappa shape index (κ1) is 14.3. The molecule has 4 nitrogen and oxygen atoms in total. The molecule has 1 unspecified atom stereocenters. The van der Waals surface area contributed by atoms with Gasteiger partial charge in [-0.25, -0.2) is 0 Å². The van der Waals surface area contributed by atoms with Crippen LogP contribution in [0.25, 0.3) is 0 Å². The second kappa shape index (κ2) is 5.69. The Hall–Kier alpha value is -0.810. The summed E-state index contributed by atoms with van der Waals surface area (Å²) in [7, 11) is 1.61. The highest BCUT2D eigenvalue weighted by Gasteiger charge is 2.25. The minimum Gasteiger partial charge on any atom is -0.460 e. The number of furan rings is 1. The summed E-state index contributed by atoms with van der Waals surface area (Å²) >= 11 is 3.23. The molecule has 0 spiro atoms. The molecule has 1 aromatic heterocycles. The van der Waals surface area contributed by atoms with Gasteiger partial charge in [-0.15, -0.1) is 0 Å². The zero-order valence-electron chi connectivity index (χ0n) is 10.5. The summed E-state index contributed by atoms with van der Waals surface area (Å²) in [6.07, 6.45) is -0.105.